The Bertz CT molecular complexity index is 546. The van der Waals surface area contributed by atoms with E-state index in [4.69, 9.17) is 11.6 Å². The zero-order valence-corrected chi connectivity index (χ0v) is 13.0. The van der Waals surface area contributed by atoms with Crippen LogP contribution >= 0.6 is 11.6 Å². The van der Waals surface area contributed by atoms with Crippen LogP contribution in [-0.2, 0) is 10.0 Å². The van der Waals surface area contributed by atoms with E-state index in [9.17, 15) is 13.2 Å². The first-order valence-corrected chi connectivity index (χ1v) is 8.01. The maximum atomic E-state index is 11.9. The molecule has 0 unspecified atom stereocenters. The molecule has 0 aliphatic heterocycles. The van der Waals surface area contributed by atoms with E-state index in [1.807, 2.05) is 11.6 Å². The van der Waals surface area contributed by atoms with Crippen LogP contribution in [0.15, 0.2) is 29.2 Å². The van der Waals surface area contributed by atoms with Crippen molar-refractivity contribution in [2.24, 2.45) is 0 Å². The van der Waals surface area contributed by atoms with Gasteiger partial charge >= 0.3 is 6.03 Å². The van der Waals surface area contributed by atoms with E-state index in [0.717, 1.165) is 12.8 Å². The average molecular weight is 320 g/mol. The molecule has 0 bridgehead atoms. The normalized spacial score (nSPS) is 11.4. The molecule has 112 valence electrons. The lowest BCUT2D eigenvalue weighted by Crippen LogP contribution is -2.47. The van der Waals surface area contributed by atoms with Crippen molar-refractivity contribution < 1.29 is 13.2 Å². The summed E-state index contributed by atoms with van der Waals surface area (Å²) < 4.78 is 25.8. The van der Waals surface area contributed by atoms with Gasteiger partial charge < -0.3 is 0 Å². The van der Waals surface area contributed by atoms with Gasteiger partial charge in [0.1, 0.15) is 0 Å². The molecule has 1 aromatic rings. The van der Waals surface area contributed by atoms with Crippen LogP contribution < -0.4 is 10.1 Å². The highest BCUT2D eigenvalue weighted by atomic mass is 35.5. The van der Waals surface area contributed by atoms with E-state index in [0.29, 0.717) is 11.6 Å². The summed E-state index contributed by atoms with van der Waals surface area (Å²) >= 11 is 5.68. The van der Waals surface area contributed by atoms with Crippen LogP contribution in [0.1, 0.15) is 19.8 Å². The quantitative estimate of drug-likeness (QED) is 0.786. The number of amides is 2. The Kier molecular flexibility index (Phi) is 6.25. The first-order chi connectivity index (χ1) is 9.35. The van der Waals surface area contributed by atoms with Crippen LogP contribution in [0.4, 0.5) is 4.79 Å². The Labute approximate surface area is 124 Å². The second-order valence-electron chi connectivity index (χ2n) is 4.28. The molecule has 1 aromatic carbocycles. The molecule has 6 nitrogen and oxygen atoms in total. The molecule has 0 saturated heterocycles. The molecule has 0 aliphatic rings. The fourth-order valence-corrected chi connectivity index (χ4v) is 2.47. The Balaban J connectivity index is 2.62. The number of carbonyl (C=O) groups excluding carboxylic acids is 1. The number of nitrogens with zero attached hydrogens (tertiary/aromatic N) is 1. The van der Waals surface area contributed by atoms with Gasteiger partial charge in [0.05, 0.1) is 4.90 Å². The Morgan fingerprint density at radius 2 is 1.90 bits per heavy atom. The number of halogens is 1. The van der Waals surface area contributed by atoms with E-state index < -0.39 is 16.1 Å². The van der Waals surface area contributed by atoms with Crippen molar-refractivity contribution in [3.8, 4) is 0 Å². The summed E-state index contributed by atoms with van der Waals surface area (Å²) in [6, 6.07) is 4.76. The predicted molar refractivity (Wildman–Crippen MR) is 77.8 cm³/mol. The largest absolute Gasteiger partial charge is 0.343 e. The Morgan fingerprint density at radius 3 is 2.45 bits per heavy atom. The summed E-state index contributed by atoms with van der Waals surface area (Å²) in [6.45, 7) is 2.67. The molecule has 0 aromatic heterocycles. The molecule has 0 aliphatic carbocycles. The topological polar surface area (TPSA) is 78.5 Å². The number of hydrogen-bond donors (Lipinski definition) is 2. The van der Waals surface area contributed by atoms with Crippen molar-refractivity contribution in [3.63, 3.8) is 0 Å². The summed E-state index contributed by atoms with van der Waals surface area (Å²) in [5.74, 6) is 0. The predicted octanol–water partition coefficient (Wildman–Crippen LogP) is 1.97. The number of unbranched alkanes of at least 4 members (excludes halogenated alkanes) is 1. The van der Waals surface area contributed by atoms with E-state index in [2.05, 4.69) is 5.43 Å². The van der Waals surface area contributed by atoms with Gasteiger partial charge in [0.25, 0.3) is 10.0 Å². The number of nitrogens with one attached hydrogen (secondary N) is 2. The van der Waals surface area contributed by atoms with Crippen molar-refractivity contribution in [3.05, 3.63) is 29.3 Å². The van der Waals surface area contributed by atoms with Gasteiger partial charge in [0, 0.05) is 18.6 Å². The SMILES string of the molecule is CCCCN(C)NC(=O)NS(=O)(=O)c1ccc(Cl)cc1. The first kappa shape index (κ1) is 16.7. The lowest BCUT2D eigenvalue weighted by molar-refractivity contribution is 0.201. The van der Waals surface area contributed by atoms with Crippen LogP contribution in [0.3, 0.4) is 0 Å². The van der Waals surface area contributed by atoms with E-state index >= 15 is 0 Å². The first-order valence-electron chi connectivity index (χ1n) is 6.15. The molecule has 20 heavy (non-hydrogen) atoms. The minimum Gasteiger partial charge on any atom is -0.270 e. The molecule has 0 atom stereocenters. The molecule has 2 amide bonds. The summed E-state index contributed by atoms with van der Waals surface area (Å²) in [7, 11) is -2.22. The van der Waals surface area contributed by atoms with Gasteiger partial charge in [0.2, 0.25) is 0 Å². The van der Waals surface area contributed by atoms with Crippen molar-refractivity contribution in [1.82, 2.24) is 15.2 Å². The Morgan fingerprint density at radius 1 is 1.30 bits per heavy atom. The van der Waals surface area contributed by atoms with Gasteiger partial charge in [-0.1, -0.05) is 24.9 Å². The molecule has 0 radical (unpaired) electrons. The summed E-state index contributed by atoms with van der Waals surface area (Å²) in [6.07, 6.45) is 1.89. The Hall–Kier alpha value is -1.31. The highest BCUT2D eigenvalue weighted by Gasteiger charge is 2.17. The number of rotatable bonds is 6. The fourth-order valence-electron chi connectivity index (χ4n) is 1.44. The highest BCUT2D eigenvalue weighted by Crippen LogP contribution is 2.13. The molecular weight excluding hydrogens is 302 g/mol. The molecular formula is C12H18ClN3O3S. The molecule has 1 rings (SSSR count). The maximum Gasteiger partial charge on any atom is 0.343 e. The number of benzene rings is 1. The lowest BCUT2D eigenvalue weighted by atomic mass is 10.3. The van der Waals surface area contributed by atoms with Gasteiger partial charge in [-0.2, -0.15) is 0 Å². The smallest absolute Gasteiger partial charge is 0.270 e. The van der Waals surface area contributed by atoms with Gasteiger partial charge in [-0.3, -0.25) is 5.43 Å². The molecule has 0 heterocycles. The van der Waals surface area contributed by atoms with Gasteiger partial charge in [0.15, 0.2) is 0 Å². The van der Waals surface area contributed by atoms with E-state index in [1.165, 1.54) is 29.3 Å². The summed E-state index contributed by atoms with van der Waals surface area (Å²) in [5, 5.41) is 1.96. The highest BCUT2D eigenvalue weighted by molar-refractivity contribution is 7.90. The molecule has 0 saturated carbocycles. The summed E-state index contributed by atoms with van der Waals surface area (Å²) in [5.41, 5.74) is 2.43. The van der Waals surface area contributed by atoms with Crippen LogP contribution in [0, 0.1) is 0 Å². The van der Waals surface area contributed by atoms with Gasteiger partial charge in [-0.05, 0) is 30.7 Å². The summed E-state index contributed by atoms with van der Waals surface area (Å²) in [4.78, 5) is 11.6. The molecule has 8 heteroatoms. The minimum absolute atomic E-state index is 0.0201. The van der Waals surface area contributed by atoms with E-state index in [1.54, 1.807) is 7.05 Å². The number of urea groups is 1. The van der Waals surface area contributed by atoms with Crippen molar-refractivity contribution in [2.45, 2.75) is 24.7 Å². The number of sulfonamides is 1. The van der Waals surface area contributed by atoms with Crippen LogP contribution in [-0.4, -0.2) is 33.1 Å². The second-order valence-corrected chi connectivity index (χ2v) is 6.39. The third-order valence-corrected chi connectivity index (χ3v) is 4.09. The number of hydrazine groups is 1. The maximum absolute atomic E-state index is 11.9. The lowest BCUT2D eigenvalue weighted by Gasteiger charge is -2.17. The van der Waals surface area contributed by atoms with Crippen LogP contribution in [0.5, 0.6) is 0 Å². The van der Waals surface area contributed by atoms with Crippen molar-refractivity contribution in [1.29, 1.82) is 0 Å². The zero-order valence-electron chi connectivity index (χ0n) is 11.4. The third kappa shape index (κ3) is 5.36. The van der Waals surface area contributed by atoms with Crippen molar-refractivity contribution >= 4 is 27.7 Å². The van der Waals surface area contributed by atoms with Crippen molar-refractivity contribution in [2.75, 3.05) is 13.6 Å². The molecule has 0 fully saturated rings. The number of carbonyl (C=O) groups is 1. The van der Waals surface area contributed by atoms with E-state index in [-0.39, 0.29) is 4.90 Å². The zero-order chi connectivity index (χ0) is 15.2. The molecule has 2 N–H and O–H groups in total. The number of hydrogen-bond acceptors (Lipinski definition) is 4. The fraction of sp³-hybridized carbons (Fsp3) is 0.417. The third-order valence-electron chi connectivity index (χ3n) is 2.49. The standard InChI is InChI=1S/C12H18ClN3O3S/c1-3-4-9-16(2)14-12(17)15-20(18,19)11-7-5-10(13)6-8-11/h5-8H,3-4,9H2,1-2H3,(H2,14,15,17). The average Bonchev–Trinajstić information content (AvgIpc) is 2.36. The monoisotopic (exact) mass is 319 g/mol. The minimum atomic E-state index is -3.89. The van der Waals surface area contributed by atoms with Gasteiger partial charge in [-0.15, -0.1) is 0 Å². The van der Waals surface area contributed by atoms with Crippen LogP contribution in [0.25, 0.3) is 0 Å². The van der Waals surface area contributed by atoms with Crippen LogP contribution in [0.2, 0.25) is 5.02 Å². The second kappa shape index (κ2) is 7.47. The van der Waals surface area contributed by atoms with Gasteiger partial charge in [-0.25, -0.2) is 22.9 Å². The molecule has 0 spiro atoms.